The van der Waals surface area contributed by atoms with Crippen molar-refractivity contribution in [1.82, 2.24) is 15.3 Å². The first-order valence-electron chi connectivity index (χ1n) is 8.68. The van der Waals surface area contributed by atoms with Crippen LogP contribution in [0.4, 0.5) is 10.3 Å². The van der Waals surface area contributed by atoms with Crippen molar-refractivity contribution < 1.29 is 9.18 Å². The summed E-state index contributed by atoms with van der Waals surface area (Å²) in [4.78, 5) is 21.0. The zero-order chi connectivity index (χ0) is 19.2. The van der Waals surface area contributed by atoms with E-state index in [1.807, 2.05) is 25.1 Å². The smallest absolute Gasteiger partial charge is 0.270 e. The van der Waals surface area contributed by atoms with Crippen molar-refractivity contribution in [2.75, 3.05) is 5.32 Å². The van der Waals surface area contributed by atoms with Crippen molar-refractivity contribution >= 4 is 11.9 Å². The Morgan fingerprint density at radius 2 is 1.81 bits per heavy atom. The third-order valence-corrected chi connectivity index (χ3v) is 4.02. The maximum atomic E-state index is 13.7. The normalized spacial score (nSPS) is 10.5. The Balaban J connectivity index is 1.67. The van der Waals surface area contributed by atoms with Gasteiger partial charge in [-0.2, -0.15) is 0 Å². The number of nitrogens with zero attached hydrogens (tertiary/aromatic N) is 2. The van der Waals surface area contributed by atoms with E-state index < -0.39 is 0 Å². The number of rotatable bonds is 6. The highest BCUT2D eigenvalue weighted by molar-refractivity contribution is 5.92. The molecule has 0 bridgehead atoms. The fourth-order valence-corrected chi connectivity index (χ4v) is 2.67. The summed E-state index contributed by atoms with van der Waals surface area (Å²) < 4.78 is 13.7. The van der Waals surface area contributed by atoms with Gasteiger partial charge in [-0.3, -0.25) is 4.79 Å². The van der Waals surface area contributed by atoms with Crippen molar-refractivity contribution in [3.8, 4) is 0 Å². The Bertz CT molecular complexity index is 958. The van der Waals surface area contributed by atoms with Gasteiger partial charge in [-0.25, -0.2) is 14.4 Å². The molecule has 0 atom stereocenters. The monoisotopic (exact) mass is 364 g/mol. The van der Waals surface area contributed by atoms with Crippen LogP contribution in [0.1, 0.15) is 32.9 Å². The number of benzene rings is 2. The van der Waals surface area contributed by atoms with Crippen LogP contribution in [0.3, 0.4) is 0 Å². The van der Waals surface area contributed by atoms with Crippen molar-refractivity contribution in [2.45, 2.75) is 26.9 Å². The highest BCUT2D eigenvalue weighted by Crippen LogP contribution is 2.10. The van der Waals surface area contributed by atoms with Crippen molar-refractivity contribution in [3.63, 3.8) is 0 Å². The Labute approximate surface area is 157 Å². The summed E-state index contributed by atoms with van der Waals surface area (Å²) in [6.45, 7) is 4.49. The largest absolute Gasteiger partial charge is 0.350 e. The summed E-state index contributed by atoms with van der Waals surface area (Å²) >= 11 is 0. The number of halogens is 1. The Hall–Kier alpha value is -3.28. The van der Waals surface area contributed by atoms with E-state index in [2.05, 4.69) is 26.7 Å². The molecule has 6 heteroatoms. The number of carbonyl (C=O) groups excluding carboxylic acids is 1. The molecule has 0 saturated carbocycles. The zero-order valence-electron chi connectivity index (χ0n) is 15.3. The molecular formula is C21H21FN4O. The maximum Gasteiger partial charge on any atom is 0.270 e. The van der Waals surface area contributed by atoms with E-state index in [9.17, 15) is 9.18 Å². The predicted octanol–water partition coefficient (Wildman–Crippen LogP) is 3.77. The van der Waals surface area contributed by atoms with Gasteiger partial charge in [0.1, 0.15) is 11.5 Å². The van der Waals surface area contributed by atoms with Gasteiger partial charge in [-0.1, -0.05) is 48.0 Å². The van der Waals surface area contributed by atoms with Crippen LogP contribution in [0.25, 0.3) is 0 Å². The number of carbonyl (C=O) groups is 1. The average Bonchev–Trinajstić information content (AvgIpc) is 2.65. The zero-order valence-corrected chi connectivity index (χ0v) is 15.3. The summed E-state index contributed by atoms with van der Waals surface area (Å²) in [6.07, 6.45) is 0. The molecule has 3 aromatic rings. The molecule has 0 spiro atoms. The van der Waals surface area contributed by atoms with E-state index in [1.165, 1.54) is 11.6 Å². The molecule has 3 rings (SSSR count). The van der Waals surface area contributed by atoms with Gasteiger partial charge in [0.15, 0.2) is 0 Å². The third kappa shape index (κ3) is 5.10. The molecule has 5 nitrogen and oxygen atoms in total. The Morgan fingerprint density at radius 3 is 2.59 bits per heavy atom. The first-order valence-corrected chi connectivity index (χ1v) is 8.68. The molecule has 27 heavy (non-hydrogen) atoms. The molecule has 0 aliphatic carbocycles. The van der Waals surface area contributed by atoms with Crippen LogP contribution < -0.4 is 10.6 Å². The highest BCUT2D eigenvalue weighted by Gasteiger charge is 2.11. The van der Waals surface area contributed by atoms with E-state index in [0.29, 0.717) is 23.8 Å². The lowest BCUT2D eigenvalue weighted by molar-refractivity contribution is 0.0945. The number of anilines is 1. The molecule has 138 valence electrons. The van der Waals surface area contributed by atoms with Crippen LogP contribution in [0.5, 0.6) is 0 Å². The summed E-state index contributed by atoms with van der Waals surface area (Å²) in [7, 11) is 0. The van der Waals surface area contributed by atoms with Crippen molar-refractivity contribution in [3.05, 3.63) is 88.5 Å². The van der Waals surface area contributed by atoms with Gasteiger partial charge in [-0.05, 0) is 31.5 Å². The van der Waals surface area contributed by atoms with Crippen LogP contribution in [-0.4, -0.2) is 15.9 Å². The van der Waals surface area contributed by atoms with E-state index in [-0.39, 0.29) is 24.0 Å². The molecule has 2 aromatic carbocycles. The van der Waals surface area contributed by atoms with Crippen LogP contribution in [0.15, 0.2) is 54.6 Å². The quantitative estimate of drug-likeness (QED) is 0.699. The third-order valence-electron chi connectivity index (χ3n) is 4.02. The lowest BCUT2D eigenvalue weighted by Gasteiger charge is -2.10. The van der Waals surface area contributed by atoms with Gasteiger partial charge < -0.3 is 10.6 Å². The fraction of sp³-hybridized carbons (Fsp3) is 0.190. The first kappa shape index (κ1) is 18.5. The molecule has 2 N–H and O–H groups in total. The van der Waals surface area contributed by atoms with Gasteiger partial charge in [0.25, 0.3) is 5.91 Å². The molecule has 1 amide bonds. The molecule has 0 unspecified atom stereocenters. The number of amides is 1. The Kier molecular flexibility index (Phi) is 5.76. The minimum atomic E-state index is -0.373. The standard InChI is InChI=1S/C21H21FN4O/c1-14-6-5-7-16(10-14)12-24-21-25-15(2)11-19(26-21)20(27)23-13-17-8-3-4-9-18(17)22/h3-11H,12-13H2,1-2H3,(H,23,27)(H,24,25,26). The molecule has 1 heterocycles. The SMILES string of the molecule is Cc1cccc(CNc2nc(C)cc(C(=O)NCc3ccccc3F)n2)c1. The summed E-state index contributed by atoms with van der Waals surface area (Å²) in [6, 6.07) is 16.1. The van der Waals surface area contributed by atoms with E-state index >= 15 is 0 Å². The number of hydrogen-bond donors (Lipinski definition) is 2. The highest BCUT2D eigenvalue weighted by atomic mass is 19.1. The van der Waals surface area contributed by atoms with E-state index in [4.69, 9.17) is 0 Å². The minimum absolute atomic E-state index is 0.0978. The molecule has 0 radical (unpaired) electrons. The molecule has 0 aliphatic heterocycles. The number of hydrogen-bond acceptors (Lipinski definition) is 4. The number of aryl methyl sites for hydroxylation is 2. The lowest BCUT2D eigenvalue weighted by Crippen LogP contribution is -2.25. The van der Waals surface area contributed by atoms with Crippen molar-refractivity contribution in [2.24, 2.45) is 0 Å². The summed E-state index contributed by atoms with van der Waals surface area (Å²) in [5, 5.41) is 5.84. The average molecular weight is 364 g/mol. The molecular weight excluding hydrogens is 343 g/mol. The predicted molar refractivity (Wildman–Crippen MR) is 103 cm³/mol. The topological polar surface area (TPSA) is 66.9 Å². The minimum Gasteiger partial charge on any atom is -0.350 e. The second-order valence-electron chi connectivity index (χ2n) is 6.33. The van der Waals surface area contributed by atoms with Crippen LogP contribution in [0, 0.1) is 19.7 Å². The fourth-order valence-electron chi connectivity index (χ4n) is 2.67. The number of aromatic nitrogens is 2. The van der Waals surface area contributed by atoms with Gasteiger partial charge in [-0.15, -0.1) is 0 Å². The lowest BCUT2D eigenvalue weighted by atomic mass is 10.1. The van der Waals surface area contributed by atoms with Gasteiger partial charge in [0, 0.05) is 24.3 Å². The second-order valence-corrected chi connectivity index (χ2v) is 6.33. The molecule has 1 aromatic heterocycles. The summed E-state index contributed by atoms with van der Waals surface area (Å²) in [5.41, 5.74) is 3.62. The van der Waals surface area contributed by atoms with Crippen molar-refractivity contribution in [1.29, 1.82) is 0 Å². The van der Waals surface area contributed by atoms with Gasteiger partial charge in [0.2, 0.25) is 5.95 Å². The van der Waals surface area contributed by atoms with E-state index in [0.717, 1.165) is 5.56 Å². The van der Waals surface area contributed by atoms with E-state index in [1.54, 1.807) is 31.2 Å². The van der Waals surface area contributed by atoms with Gasteiger partial charge in [0.05, 0.1) is 0 Å². The molecule has 0 saturated heterocycles. The summed E-state index contributed by atoms with van der Waals surface area (Å²) in [5.74, 6) is -0.341. The molecule has 0 fully saturated rings. The van der Waals surface area contributed by atoms with Crippen LogP contribution >= 0.6 is 0 Å². The maximum absolute atomic E-state index is 13.7. The first-order chi connectivity index (χ1) is 13.0. The second kappa shape index (κ2) is 8.40. The number of nitrogens with one attached hydrogen (secondary N) is 2. The molecule has 0 aliphatic rings. The van der Waals surface area contributed by atoms with Crippen LogP contribution in [-0.2, 0) is 13.1 Å². The Morgan fingerprint density at radius 1 is 1.00 bits per heavy atom. The van der Waals surface area contributed by atoms with Crippen LogP contribution in [0.2, 0.25) is 0 Å². The van der Waals surface area contributed by atoms with Gasteiger partial charge >= 0.3 is 0 Å².